The van der Waals surface area contributed by atoms with E-state index < -0.39 is 0 Å². The van der Waals surface area contributed by atoms with E-state index in [1.54, 1.807) is 6.92 Å². The van der Waals surface area contributed by atoms with E-state index in [1.165, 1.54) is 0 Å². The Labute approximate surface area is 43.1 Å². The first kappa shape index (κ1) is 6.88. The third-order valence-corrected chi connectivity index (χ3v) is 0.464. The van der Waals surface area contributed by atoms with Gasteiger partial charge < -0.3 is 10.5 Å². The van der Waals surface area contributed by atoms with Crippen LogP contribution >= 0.6 is 0 Å². The van der Waals surface area contributed by atoms with Crippen molar-refractivity contribution in [2.24, 2.45) is 5.73 Å². The highest BCUT2D eigenvalue weighted by Crippen LogP contribution is 1.76. The summed E-state index contributed by atoms with van der Waals surface area (Å²) in [7, 11) is 0. The molecule has 0 spiro atoms. The fraction of sp³-hybridized carbons (Fsp3) is 1.00. The van der Waals surface area contributed by atoms with Gasteiger partial charge in [-0.05, 0) is 6.92 Å². The molecule has 0 aromatic rings. The van der Waals surface area contributed by atoms with Gasteiger partial charge in [0.25, 0.3) is 0 Å². The summed E-state index contributed by atoms with van der Waals surface area (Å²) in [6, 6.07) is 0. The molecular formula is C4H10NO2. The molecule has 0 aromatic heterocycles. The van der Waals surface area contributed by atoms with Crippen molar-refractivity contribution >= 4 is 0 Å². The summed E-state index contributed by atoms with van der Waals surface area (Å²) >= 11 is 0. The van der Waals surface area contributed by atoms with E-state index in [4.69, 9.17) is 5.73 Å². The minimum atomic E-state index is -0.297. The lowest BCUT2D eigenvalue weighted by Gasteiger charge is -2.02. The Morgan fingerprint density at radius 3 is 2.57 bits per heavy atom. The zero-order valence-electron chi connectivity index (χ0n) is 4.39. The first-order valence-electron chi connectivity index (χ1n) is 2.22. The zero-order valence-corrected chi connectivity index (χ0v) is 4.39. The number of hydrogen-bond acceptors (Lipinski definition) is 2. The lowest BCUT2D eigenvalue weighted by molar-refractivity contribution is 0.0240. The zero-order chi connectivity index (χ0) is 5.70. The van der Waals surface area contributed by atoms with E-state index in [-0.39, 0.29) is 19.4 Å². The molecule has 1 atom stereocenters. The fourth-order valence-corrected chi connectivity index (χ4v) is 0.234. The maximum absolute atomic E-state index is 9.65. The second kappa shape index (κ2) is 4.05. The molecular weight excluding hydrogens is 94.0 g/mol. The van der Waals surface area contributed by atoms with Crippen LogP contribution < -0.4 is 5.73 Å². The second-order valence-electron chi connectivity index (χ2n) is 1.28. The lowest BCUT2D eigenvalue weighted by Crippen LogP contribution is -2.20. The summed E-state index contributed by atoms with van der Waals surface area (Å²) in [5.41, 5.74) is 5.12. The average Bonchev–Trinajstić information content (AvgIpc) is 1.61. The standard InChI is InChI=1S/C4H10NO2/c1-4(5)7-3-2-6/h4H,2-3,5H2,1H3. The molecule has 43 valence electrons. The molecule has 0 saturated heterocycles. The van der Waals surface area contributed by atoms with E-state index in [9.17, 15) is 5.11 Å². The molecule has 7 heavy (non-hydrogen) atoms. The third kappa shape index (κ3) is 5.88. The Balaban J connectivity index is 2.68. The number of nitrogens with two attached hydrogens (primary N) is 1. The third-order valence-electron chi connectivity index (χ3n) is 0.464. The van der Waals surface area contributed by atoms with E-state index in [0.29, 0.717) is 0 Å². The van der Waals surface area contributed by atoms with Crippen LogP contribution in [0.5, 0.6) is 0 Å². The van der Waals surface area contributed by atoms with Crippen LogP contribution in [0.25, 0.3) is 0 Å². The second-order valence-corrected chi connectivity index (χ2v) is 1.28. The van der Waals surface area contributed by atoms with Crippen LogP contribution in [0.1, 0.15) is 6.92 Å². The van der Waals surface area contributed by atoms with E-state index in [0.717, 1.165) is 0 Å². The largest absolute Gasteiger partial charge is 0.361 e. The Kier molecular flexibility index (Phi) is 3.98. The SMILES string of the molecule is CC(N)OCC[O]. The van der Waals surface area contributed by atoms with Gasteiger partial charge in [0.1, 0.15) is 12.8 Å². The number of hydrogen-bond donors (Lipinski definition) is 1. The van der Waals surface area contributed by atoms with Gasteiger partial charge in [0.2, 0.25) is 0 Å². The first-order valence-corrected chi connectivity index (χ1v) is 2.22. The molecule has 1 unspecified atom stereocenters. The highest BCUT2D eigenvalue weighted by atomic mass is 16.5. The van der Waals surface area contributed by atoms with Crippen molar-refractivity contribution in [3.63, 3.8) is 0 Å². The molecule has 1 radical (unpaired) electrons. The van der Waals surface area contributed by atoms with Crippen LogP contribution in [-0.2, 0) is 9.84 Å². The Bertz CT molecular complexity index is 38.7. The highest BCUT2D eigenvalue weighted by molar-refractivity contribution is 4.30. The Morgan fingerprint density at radius 1 is 1.86 bits per heavy atom. The predicted octanol–water partition coefficient (Wildman–Crippen LogP) is -0.262. The van der Waals surface area contributed by atoms with Crippen molar-refractivity contribution in [2.45, 2.75) is 13.2 Å². The summed E-state index contributed by atoms with van der Waals surface area (Å²) in [4.78, 5) is 0. The molecule has 0 aromatic carbocycles. The van der Waals surface area contributed by atoms with Crippen molar-refractivity contribution in [2.75, 3.05) is 13.2 Å². The van der Waals surface area contributed by atoms with Crippen LogP contribution in [0.2, 0.25) is 0 Å². The predicted molar refractivity (Wildman–Crippen MR) is 25.2 cm³/mol. The van der Waals surface area contributed by atoms with Crippen LogP contribution in [0.4, 0.5) is 0 Å². The summed E-state index contributed by atoms with van der Waals surface area (Å²) in [5.74, 6) is 0. The van der Waals surface area contributed by atoms with E-state index in [2.05, 4.69) is 4.74 Å². The summed E-state index contributed by atoms with van der Waals surface area (Å²) < 4.78 is 4.66. The van der Waals surface area contributed by atoms with Gasteiger partial charge in [-0.25, -0.2) is 5.11 Å². The first-order chi connectivity index (χ1) is 3.27. The summed E-state index contributed by atoms with van der Waals surface area (Å²) in [6.07, 6.45) is -0.297. The van der Waals surface area contributed by atoms with Crippen molar-refractivity contribution in [1.82, 2.24) is 0 Å². The van der Waals surface area contributed by atoms with Gasteiger partial charge in [-0.15, -0.1) is 0 Å². The molecule has 0 bridgehead atoms. The summed E-state index contributed by atoms with van der Waals surface area (Å²) in [5, 5.41) is 9.65. The smallest absolute Gasteiger partial charge is 0.106 e. The van der Waals surface area contributed by atoms with Crippen LogP contribution in [0, 0.1) is 0 Å². The molecule has 3 nitrogen and oxygen atoms in total. The summed E-state index contributed by atoms with van der Waals surface area (Å²) in [6.45, 7) is 1.70. The normalized spacial score (nSPS) is 14.1. The number of rotatable bonds is 3. The average molecular weight is 104 g/mol. The van der Waals surface area contributed by atoms with Crippen molar-refractivity contribution in [1.29, 1.82) is 0 Å². The molecule has 0 amide bonds. The van der Waals surface area contributed by atoms with Crippen molar-refractivity contribution < 1.29 is 9.84 Å². The maximum atomic E-state index is 9.65. The maximum Gasteiger partial charge on any atom is 0.106 e. The molecule has 0 aliphatic carbocycles. The van der Waals surface area contributed by atoms with Gasteiger partial charge in [-0.1, -0.05) is 0 Å². The monoisotopic (exact) mass is 104 g/mol. The molecule has 2 N–H and O–H groups in total. The van der Waals surface area contributed by atoms with Crippen molar-refractivity contribution in [3.05, 3.63) is 0 Å². The van der Waals surface area contributed by atoms with Gasteiger partial charge in [0, 0.05) is 0 Å². The van der Waals surface area contributed by atoms with Crippen molar-refractivity contribution in [3.8, 4) is 0 Å². The minimum Gasteiger partial charge on any atom is -0.361 e. The van der Waals surface area contributed by atoms with Crippen LogP contribution in [0.15, 0.2) is 0 Å². The molecule has 0 aliphatic rings. The number of ether oxygens (including phenoxy) is 1. The molecule has 3 heteroatoms. The van der Waals surface area contributed by atoms with Crippen LogP contribution in [0.3, 0.4) is 0 Å². The Hall–Kier alpha value is -0.120. The van der Waals surface area contributed by atoms with E-state index in [1.807, 2.05) is 0 Å². The van der Waals surface area contributed by atoms with E-state index >= 15 is 0 Å². The van der Waals surface area contributed by atoms with Gasteiger partial charge in [0.05, 0.1) is 6.61 Å². The highest BCUT2D eigenvalue weighted by Gasteiger charge is 1.88. The Morgan fingerprint density at radius 2 is 2.43 bits per heavy atom. The molecule has 0 aliphatic heterocycles. The van der Waals surface area contributed by atoms with Gasteiger partial charge in [-0.2, -0.15) is 0 Å². The minimum absolute atomic E-state index is 0.207. The lowest BCUT2D eigenvalue weighted by atomic mass is 10.7. The van der Waals surface area contributed by atoms with Crippen LogP contribution in [-0.4, -0.2) is 19.4 Å². The van der Waals surface area contributed by atoms with Gasteiger partial charge in [0.15, 0.2) is 0 Å². The molecule has 0 fully saturated rings. The quantitative estimate of drug-likeness (QED) is 0.501. The van der Waals surface area contributed by atoms with Gasteiger partial charge in [-0.3, -0.25) is 0 Å². The fourth-order valence-electron chi connectivity index (χ4n) is 0.234. The van der Waals surface area contributed by atoms with Gasteiger partial charge >= 0.3 is 0 Å². The molecule has 0 rings (SSSR count). The topological polar surface area (TPSA) is 55.1 Å². The molecule has 0 saturated carbocycles. The molecule has 0 heterocycles.